The molecule has 1 saturated carbocycles. The first-order valence-corrected chi connectivity index (χ1v) is 7.57. The van der Waals surface area contributed by atoms with E-state index in [0.29, 0.717) is 12.0 Å². The van der Waals surface area contributed by atoms with Crippen molar-refractivity contribution in [2.45, 2.75) is 44.6 Å². The van der Waals surface area contributed by atoms with Crippen LogP contribution in [0, 0.1) is 6.92 Å². The number of hydrogen-bond donors (Lipinski definition) is 1. The number of piperidine rings is 1. The molecule has 2 fully saturated rings. The Labute approximate surface area is 120 Å². The van der Waals surface area contributed by atoms with E-state index in [9.17, 15) is 0 Å². The van der Waals surface area contributed by atoms with Crippen molar-refractivity contribution in [2.75, 3.05) is 37.5 Å². The number of aromatic nitrogens is 2. The lowest BCUT2D eigenvalue weighted by molar-refractivity contribution is 0.0817. The van der Waals surface area contributed by atoms with Crippen LogP contribution in [0.2, 0.25) is 0 Å². The molecule has 2 heterocycles. The van der Waals surface area contributed by atoms with Gasteiger partial charge >= 0.3 is 0 Å². The third kappa shape index (κ3) is 2.59. The summed E-state index contributed by atoms with van der Waals surface area (Å²) in [5, 5.41) is 3.22. The standard InChI is InChI=1S/C15H24N4O/c1-10-13(16-2)17-14(11-4-5-11)18-15(10)19-8-6-12(20-3)7-9-19/h11-12H,4-9H2,1-3H3,(H,16,17,18). The molecule has 0 atom stereocenters. The summed E-state index contributed by atoms with van der Waals surface area (Å²) < 4.78 is 5.45. The van der Waals surface area contributed by atoms with Gasteiger partial charge in [0.05, 0.1) is 6.10 Å². The lowest BCUT2D eigenvalue weighted by Gasteiger charge is -2.33. The molecule has 0 aromatic carbocycles. The van der Waals surface area contributed by atoms with E-state index in [4.69, 9.17) is 9.72 Å². The van der Waals surface area contributed by atoms with Gasteiger partial charge in [0.1, 0.15) is 17.5 Å². The molecule has 0 radical (unpaired) electrons. The summed E-state index contributed by atoms with van der Waals surface area (Å²) in [6.45, 7) is 4.15. The minimum Gasteiger partial charge on any atom is -0.381 e. The Bertz CT molecular complexity index is 479. The third-order valence-corrected chi connectivity index (χ3v) is 4.39. The minimum atomic E-state index is 0.403. The van der Waals surface area contributed by atoms with Gasteiger partial charge in [-0.2, -0.15) is 0 Å². The molecule has 3 rings (SSSR count). The molecule has 0 bridgehead atoms. The molecular formula is C15H24N4O. The zero-order valence-electron chi connectivity index (χ0n) is 12.6. The van der Waals surface area contributed by atoms with Crippen molar-refractivity contribution < 1.29 is 4.74 Å². The Morgan fingerprint density at radius 2 is 1.85 bits per heavy atom. The van der Waals surface area contributed by atoms with Gasteiger partial charge in [-0.15, -0.1) is 0 Å². The molecule has 1 aliphatic carbocycles. The Morgan fingerprint density at radius 3 is 2.40 bits per heavy atom. The summed E-state index contributed by atoms with van der Waals surface area (Å²) in [5.74, 6) is 3.69. The molecule has 110 valence electrons. The average molecular weight is 276 g/mol. The maximum atomic E-state index is 5.45. The number of anilines is 2. The maximum absolute atomic E-state index is 5.45. The molecule has 0 amide bonds. The van der Waals surface area contributed by atoms with Crippen LogP contribution in [-0.4, -0.2) is 43.3 Å². The molecule has 1 aromatic rings. The Hall–Kier alpha value is -1.36. The van der Waals surface area contributed by atoms with Crippen LogP contribution < -0.4 is 10.2 Å². The van der Waals surface area contributed by atoms with E-state index in [-0.39, 0.29) is 0 Å². The van der Waals surface area contributed by atoms with Gasteiger partial charge in [0, 0.05) is 38.7 Å². The van der Waals surface area contributed by atoms with E-state index >= 15 is 0 Å². The number of ether oxygens (including phenoxy) is 1. The van der Waals surface area contributed by atoms with Crippen LogP contribution in [0.4, 0.5) is 11.6 Å². The minimum absolute atomic E-state index is 0.403. The second kappa shape index (κ2) is 5.56. The first kappa shape index (κ1) is 13.6. The van der Waals surface area contributed by atoms with Crippen LogP contribution in [0.3, 0.4) is 0 Å². The van der Waals surface area contributed by atoms with Gasteiger partial charge in [0.25, 0.3) is 0 Å². The topological polar surface area (TPSA) is 50.3 Å². The van der Waals surface area contributed by atoms with Gasteiger partial charge in [-0.05, 0) is 32.6 Å². The predicted molar refractivity (Wildman–Crippen MR) is 80.5 cm³/mol. The Balaban J connectivity index is 1.86. The molecule has 0 spiro atoms. The number of nitrogens with zero attached hydrogens (tertiary/aromatic N) is 3. The van der Waals surface area contributed by atoms with E-state index in [1.165, 1.54) is 12.8 Å². The second-order valence-corrected chi connectivity index (χ2v) is 5.83. The highest BCUT2D eigenvalue weighted by molar-refractivity contribution is 5.59. The fourth-order valence-corrected chi connectivity index (χ4v) is 2.90. The number of rotatable bonds is 4. The molecular weight excluding hydrogens is 252 g/mol. The van der Waals surface area contributed by atoms with Crippen LogP contribution in [0.15, 0.2) is 0 Å². The van der Waals surface area contributed by atoms with Gasteiger partial charge < -0.3 is 15.0 Å². The maximum Gasteiger partial charge on any atom is 0.137 e. The Kier molecular flexibility index (Phi) is 3.78. The average Bonchev–Trinajstić information content (AvgIpc) is 3.32. The molecule has 5 heteroatoms. The van der Waals surface area contributed by atoms with Crippen molar-refractivity contribution in [3.05, 3.63) is 11.4 Å². The van der Waals surface area contributed by atoms with Crippen molar-refractivity contribution >= 4 is 11.6 Å². The molecule has 5 nitrogen and oxygen atoms in total. The van der Waals surface area contributed by atoms with Crippen molar-refractivity contribution in [1.82, 2.24) is 9.97 Å². The van der Waals surface area contributed by atoms with Crippen molar-refractivity contribution in [1.29, 1.82) is 0 Å². The highest BCUT2D eigenvalue weighted by Gasteiger charge is 2.29. The highest BCUT2D eigenvalue weighted by atomic mass is 16.5. The molecule has 20 heavy (non-hydrogen) atoms. The summed E-state index contributed by atoms with van der Waals surface area (Å²) in [6, 6.07) is 0. The van der Waals surface area contributed by atoms with Crippen molar-refractivity contribution in [2.24, 2.45) is 0 Å². The van der Waals surface area contributed by atoms with E-state index in [1.807, 2.05) is 7.05 Å². The van der Waals surface area contributed by atoms with Gasteiger partial charge in [-0.3, -0.25) is 0 Å². The van der Waals surface area contributed by atoms with Gasteiger partial charge in [0.2, 0.25) is 0 Å². The molecule has 0 unspecified atom stereocenters. The third-order valence-electron chi connectivity index (χ3n) is 4.39. The molecule has 2 aliphatic rings. The van der Waals surface area contributed by atoms with Crippen LogP contribution in [0.1, 0.15) is 43.0 Å². The molecule has 1 aliphatic heterocycles. The lowest BCUT2D eigenvalue weighted by atomic mass is 10.1. The second-order valence-electron chi connectivity index (χ2n) is 5.83. The van der Waals surface area contributed by atoms with Gasteiger partial charge in [-0.25, -0.2) is 9.97 Å². The van der Waals surface area contributed by atoms with Gasteiger partial charge in [-0.1, -0.05) is 0 Å². The van der Waals surface area contributed by atoms with E-state index in [1.54, 1.807) is 7.11 Å². The van der Waals surface area contributed by atoms with E-state index < -0.39 is 0 Å². The van der Waals surface area contributed by atoms with Crippen LogP contribution >= 0.6 is 0 Å². The summed E-state index contributed by atoms with van der Waals surface area (Å²) in [6.07, 6.45) is 5.02. The zero-order valence-corrected chi connectivity index (χ0v) is 12.6. The fourth-order valence-electron chi connectivity index (χ4n) is 2.90. The molecule has 1 aromatic heterocycles. The summed E-state index contributed by atoms with van der Waals surface area (Å²) >= 11 is 0. The first-order valence-electron chi connectivity index (χ1n) is 7.57. The number of nitrogens with one attached hydrogen (secondary N) is 1. The normalized spacial score (nSPS) is 20.2. The molecule has 1 N–H and O–H groups in total. The lowest BCUT2D eigenvalue weighted by Crippen LogP contribution is -2.37. The predicted octanol–water partition coefficient (Wildman–Crippen LogP) is 2.32. The zero-order chi connectivity index (χ0) is 14.1. The van der Waals surface area contributed by atoms with Gasteiger partial charge in [0.15, 0.2) is 0 Å². The van der Waals surface area contributed by atoms with E-state index in [0.717, 1.165) is 49.0 Å². The van der Waals surface area contributed by atoms with Crippen molar-refractivity contribution in [3.63, 3.8) is 0 Å². The van der Waals surface area contributed by atoms with Crippen molar-refractivity contribution in [3.8, 4) is 0 Å². The van der Waals surface area contributed by atoms with E-state index in [2.05, 4.69) is 22.1 Å². The SMILES string of the molecule is CNc1nc(C2CC2)nc(N2CCC(OC)CC2)c1C. The smallest absolute Gasteiger partial charge is 0.137 e. The fraction of sp³-hybridized carbons (Fsp3) is 0.733. The Morgan fingerprint density at radius 1 is 1.15 bits per heavy atom. The van der Waals surface area contributed by atoms with Crippen LogP contribution in [0.5, 0.6) is 0 Å². The quantitative estimate of drug-likeness (QED) is 0.914. The van der Waals surface area contributed by atoms with Crippen LogP contribution in [0.25, 0.3) is 0 Å². The van der Waals surface area contributed by atoms with Crippen LogP contribution in [-0.2, 0) is 4.74 Å². The monoisotopic (exact) mass is 276 g/mol. The summed E-state index contributed by atoms with van der Waals surface area (Å²) in [4.78, 5) is 11.9. The summed E-state index contributed by atoms with van der Waals surface area (Å²) in [5.41, 5.74) is 1.16. The summed E-state index contributed by atoms with van der Waals surface area (Å²) in [7, 11) is 3.74. The number of hydrogen-bond acceptors (Lipinski definition) is 5. The first-order chi connectivity index (χ1) is 9.72. The highest BCUT2D eigenvalue weighted by Crippen LogP contribution is 2.40. The number of methoxy groups -OCH3 is 1. The largest absolute Gasteiger partial charge is 0.381 e. The molecule has 1 saturated heterocycles.